The maximum Gasteiger partial charge on any atom is 0.236 e. The maximum atomic E-state index is 14.0. The monoisotopic (exact) mass is 476 g/mol. The lowest BCUT2D eigenvalue weighted by Gasteiger charge is -2.21. The van der Waals surface area contributed by atoms with Gasteiger partial charge in [0, 0.05) is 11.2 Å². The van der Waals surface area contributed by atoms with E-state index in [1.165, 1.54) is 38.5 Å². The van der Waals surface area contributed by atoms with Gasteiger partial charge in [-0.05, 0) is 30.2 Å². The van der Waals surface area contributed by atoms with Crippen molar-refractivity contribution in [1.29, 1.82) is 0 Å². The van der Waals surface area contributed by atoms with E-state index in [2.05, 4.69) is 0 Å². The molecule has 0 bridgehead atoms. The van der Waals surface area contributed by atoms with Crippen LogP contribution in [0.5, 0.6) is 11.5 Å². The van der Waals surface area contributed by atoms with E-state index in [0.29, 0.717) is 0 Å². The van der Waals surface area contributed by atoms with Crippen molar-refractivity contribution < 1.29 is 23.6 Å². The van der Waals surface area contributed by atoms with Gasteiger partial charge in [-0.1, -0.05) is 54.7 Å². The molecule has 5 nitrogen and oxygen atoms in total. The van der Waals surface area contributed by atoms with Crippen LogP contribution in [-0.4, -0.2) is 31.4 Å². The smallest absolute Gasteiger partial charge is 0.236 e. The van der Waals surface area contributed by atoms with Gasteiger partial charge < -0.3 is 14.0 Å². The number of halogens is 3. The number of benzene rings is 2. The second-order valence-corrected chi connectivity index (χ2v) is 10.6. The van der Waals surface area contributed by atoms with Crippen LogP contribution in [0.4, 0.5) is 0 Å². The molecule has 0 saturated heterocycles. The van der Waals surface area contributed by atoms with Crippen molar-refractivity contribution in [2.45, 2.75) is 13.8 Å². The van der Waals surface area contributed by atoms with Crippen LogP contribution >= 0.6 is 41.9 Å². The molecule has 29 heavy (non-hydrogen) atoms. The Balaban J connectivity index is 2.73. The van der Waals surface area contributed by atoms with Crippen molar-refractivity contribution in [3.63, 3.8) is 0 Å². The van der Waals surface area contributed by atoms with E-state index in [-0.39, 0.29) is 49.8 Å². The van der Waals surface area contributed by atoms with E-state index in [1.807, 2.05) is 0 Å². The van der Waals surface area contributed by atoms with Gasteiger partial charge in [0.05, 0.1) is 29.8 Å². The molecule has 1 unspecified atom stereocenters. The van der Waals surface area contributed by atoms with Gasteiger partial charge in [-0.25, -0.2) is 0 Å². The molecule has 0 saturated carbocycles. The Hall–Kier alpha value is -1.52. The first-order valence-corrected chi connectivity index (χ1v) is 11.6. The summed E-state index contributed by atoms with van der Waals surface area (Å²) in [5.74, 6) is 0.0816. The van der Waals surface area contributed by atoms with Gasteiger partial charge >= 0.3 is 0 Å². The molecule has 0 spiro atoms. The number of ether oxygens (including phenoxy) is 2. The van der Waals surface area contributed by atoms with Crippen LogP contribution in [0.25, 0.3) is 0 Å². The Morgan fingerprint density at radius 2 is 1.38 bits per heavy atom. The van der Waals surface area contributed by atoms with Gasteiger partial charge in [0.25, 0.3) is 0 Å². The Labute approximate surface area is 184 Å². The molecule has 0 aliphatic carbocycles. The third-order valence-corrected chi connectivity index (χ3v) is 7.96. The van der Waals surface area contributed by atoms with Crippen LogP contribution in [0.15, 0.2) is 30.3 Å². The van der Waals surface area contributed by atoms with Gasteiger partial charge in [0.15, 0.2) is 0 Å². The molecule has 1 atom stereocenters. The van der Waals surface area contributed by atoms with Crippen molar-refractivity contribution in [2.75, 3.05) is 20.4 Å². The van der Waals surface area contributed by atoms with Crippen LogP contribution in [0.3, 0.4) is 0 Å². The lowest BCUT2D eigenvalue weighted by Crippen LogP contribution is -2.18. The van der Waals surface area contributed by atoms with Gasteiger partial charge in [-0.2, -0.15) is 0 Å². The fourth-order valence-electron chi connectivity index (χ4n) is 2.94. The molecule has 0 radical (unpaired) electrons. The average Bonchev–Trinajstić information content (AvgIpc) is 2.65. The van der Waals surface area contributed by atoms with Crippen molar-refractivity contribution in [3.05, 3.63) is 56.5 Å². The zero-order valence-corrected chi connectivity index (χ0v) is 19.5. The SMILES string of the molecule is COc1cccc(OC)c1C(=O)P(=O)(CC(C)C)C(=O)c1c(Cl)cc(Cl)cc1Cl. The third-order valence-electron chi connectivity index (χ3n) is 4.14. The first kappa shape index (κ1) is 23.8. The van der Waals surface area contributed by atoms with Crippen LogP contribution in [0, 0.1) is 5.92 Å². The molecule has 0 aliphatic rings. The molecule has 0 N–H and O–H groups in total. The first-order valence-electron chi connectivity index (χ1n) is 8.61. The zero-order chi connectivity index (χ0) is 21.9. The molecule has 2 aromatic rings. The van der Waals surface area contributed by atoms with Crippen molar-refractivity contribution in [2.24, 2.45) is 5.92 Å². The maximum absolute atomic E-state index is 14.0. The number of carbonyl (C=O) groups excluding carboxylic acids is 2. The molecule has 156 valence electrons. The highest BCUT2D eigenvalue weighted by Gasteiger charge is 2.45. The van der Waals surface area contributed by atoms with Gasteiger partial charge in [0.2, 0.25) is 18.2 Å². The van der Waals surface area contributed by atoms with E-state index in [4.69, 9.17) is 44.3 Å². The number of hydrogen-bond donors (Lipinski definition) is 0. The van der Waals surface area contributed by atoms with E-state index < -0.39 is 18.2 Å². The number of carbonyl (C=O) groups is 2. The molecular weight excluding hydrogens is 458 g/mol. The predicted octanol–water partition coefficient (Wildman–Crippen LogP) is 6.66. The van der Waals surface area contributed by atoms with E-state index in [0.717, 1.165) is 0 Å². The lowest BCUT2D eigenvalue weighted by molar-refractivity contribution is 0.103. The van der Waals surface area contributed by atoms with Crippen LogP contribution in [0.1, 0.15) is 34.6 Å². The Bertz CT molecular complexity index is 958. The zero-order valence-electron chi connectivity index (χ0n) is 16.3. The van der Waals surface area contributed by atoms with Gasteiger partial charge in [-0.3, -0.25) is 9.59 Å². The van der Waals surface area contributed by atoms with E-state index in [1.54, 1.807) is 19.9 Å². The summed E-state index contributed by atoms with van der Waals surface area (Å²) in [6.07, 6.45) is -0.166. The van der Waals surface area contributed by atoms with Gasteiger partial charge in [0.1, 0.15) is 17.1 Å². The van der Waals surface area contributed by atoms with E-state index in [9.17, 15) is 14.2 Å². The van der Waals surface area contributed by atoms with Crippen LogP contribution in [0.2, 0.25) is 15.1 Å². The molecule has 0 aliphatic heterocycles. The van der Waals surface area contributed by atoms with Gasteiger partial charge in [-0.15, -0.1) is 0 Å². The molecule has 9 heteroatoms. The molecule has 0 amide bonds. The first-order chi connectivity index (χ1) is 13.6. The minimum atomic E-state index is -4.20. The van der Waals surface area contributed by atoms with Crippen molar-refractivity contribution in [3.8, 4) is 11.5 Å². The summed E-state index contributed by atoms with van der Waals surface area (Å²) in [4.78, 5) is 26.9. The summed E-state index contributed by atoms with van der Waals surface area (Å²) < 4.78 is 24.5. The standard InChI is InChI=1S/C20H20Cl3O5P/c1-11(2)10-29(26,19(24)17-13(22)8-12(21)9-14(17)23)20(25)18-15(27-3)6-5-7-16(18)28-4/h5-9,11H,10H2,1-4H3. The molecular formula is C20H20Cl3O5P. The summed E-state index contributed by atoms with van der Waals surface area (Å²) in [7, 11) is -1.46. The Kier molecular flexibility index (Phi) is 7.80. The minimum absolute atomic E-state index is 0.0592. The lowest BCUT2D eigenvalue weighted by atomic mass is 10.2. The highest BCUT2D eigenvalue weighted by molar-refractivity contribution is 7.95. The van der Waals surface area contributed by atoms with Crippen molar-refractivity contribution in [1.82, 2.24) is 0 Å². The summed E-state index contributed by atoms with van der Waals surface area (Å²) in [5, 5.41) is 0.0699. The number of hydrogen-bond acceptors (Lipinski definition) is 5. The summed E-state index contributed by atoms with van der Waals surface area (Å²) >= 11 is 18.3. The molecule has 2 rings (SSSR count). The Morgan fingerprint density at radius 3 is 1.79 bits per heavy atom. The largest absolute Gasteiger partial charge is 0.496 e. The average molecular weight is 478 g/mol. The summed E-state index contributed by atoms with van der Waals surface area (Å²) in [6, 6.07) is 7.31. The third kappa shape index (κ3) is 4.80. The fourth-order valence-corrected chi connectivity index (χ4v) is 6.79. The quantitative estimate of drug-likeness (QED) is 0.397. The fraction of sp³-hybridized carbons (Fsp3) is 0.300. The second kappa shape index (κ2) is 9.53. The molecule has 0 aromatic heterocycles. The molecule has 0 heterocycles. The summed E-state index contributed by atoms with van der Waals surface area (Å²) in [5.41, 5.74) is -2.04. The second-order valence-electron chi connectivity index (χ2n) is 6.71. The summed E-state index contributed by atoms with van der Waals surface area (Å²) in [6.45, 7) is 3.52. The Morgan fingerprint density at radius 1 is 0.931 bits per heavy atom. The number of methoxy groups -OCH3 is 2. The minimum Gasteiger partial charge on any atom is -0.496 e. The van der Waals surface area contributed by atoms with Crippen LogP contribution < -0.4 is 9.47 Å². The topological polar surface area (TPSA) is 69.7 Å². The normalized spacial score (nSPS) is 13.1. The van der Waals surface area contributed by atoms with Crippen molar-refractivity contribution >= 4 is 53.0 Å². The van der Waals surface area contributed by atoms with Crippen LogP contribution in [-0.2, 0) is 4.57 Å². The van der Waals surface area contributed by atoms with E-state index >= 15 is 0 Å². The molecule has 0 fully saturated rings. The number of rotatable bonds is 8. The highest BCUT2D eigenvalue weighted by atomic mass is 35.5. The predicted molar refractivity (Wildman–Crippen MR) is 117 cm³/mol. The highest BCUT2D eigenvalue weighted by Crippen LogP contribution is 2.57. The molecule has 2 aromatic carbocycles.